The lowest BCUT2D eigenvalue weighted by atomic mass is 9.92. The summed E-state index contributed by atoms with van der Waals surface area (Å²) in [5, 5.41) is 10.6. The average molecular weight is 345 g/mol. The van der Waals surface area contributed by atoms with Crippen LogP contribution in [-0.4, -0.2) is 24.4 Å². The zero-order valence-corrected chi connectivity index (χ0v) is 13.4. The van der Waals surface area contributed by atoms with Crippen LogP contribution in [0.5, 0.6) is 0 Å². The Morgan fingerprint density at radius 2 is 2.00 bits per heavy atom. The maximum absolute atomic E-state index is 12.5. The summed E-state index contributed by atoms with van der Waals surface area (Å²) in [6.45, 7) is 0. The molecule has 7 nitrogen and oxygen atoms in total. The maximum atomic E-state index is 12.5. The van der Waals surface area contributed by atoms with Gasteiger partial charge in [-0.25, -0.2) is 13.1 Å². The van der Waals surface area contributed by atoms with Gasteiger partial charge in [-0.1, -0.05) is 24.3 Å². The molecule has 124 valence electrons. The van der Waals surface area contributed by atoms with E-state index in [4.69, 9.17) is 0 Å². The second-order valence-corrected chi connectivity index (χ2v) is 7.90. The first-order chi connectivity index (χ1) is 11.5. The fraction of sp³-hybridized carbons (Fsp3) is 0.312. The molecule has 24 heavy (non-hydrogen) atoms. The summed E-state index contributed by atoms with van der Waals surface area (Å²) in [6, 6.07) is 10.3. The Labute approximate surface area is 138 Å². The highest BCUT2D eigenvalue weighted by atomic mass is 32.2. The average Bonchev–Trinajstić information content (AvgIpc) is 3.27. The summed E-state index contributed by atoms with van der Waals surface area (Å²) < 4.78 is 27.7. The zero-order valence-electron chi connectivity index (χ0n) is 12.6. The van der Waals surface area contributed by atoms with Crippen LogP contribution in [0.25, 0.3) is 0 Å². The van der Waals surface area contributed by atoms with Gasteiger partial charge in [-0.2, -0.15) is 0 Å². The normalized spacial score (nSPS) is 24.8. The van der Waals surface area contributed by atoms with Gasteiger partial charge in [0.1, 0.15) is 4.90 Å². The molecule has 0 radical (unpaired) electrons. The van der Waals surface area contributed by atoms with E-state index in [0.717, 1.165) is 25.1 Å². The molecule has 2 aliphatic rings. The van der Waals surface area contributed by atoms with Gasteiger partial charge in [0.2, 0.25) is 10.0 Å². The summed E-state index contributed by atoms with van der Waals surface area (Å²) in [6.07, 6.45) is 2.96. The number of aryl methyl sites for hydroxylation is 1. The minimum absolute atomic E-state index is 0.0509. The van der Waals surface area contributed by atoms with Gasteiger partial charge >= 0.3 is 5.82 Å². The van der Waals surface area contributed by atoms with E-state index in [1.165, 1.54) is 17.2 Å². The number of nitrogens with zero attached hydrogens (tertiary/aromatic N) is 2. The van der Waals surface area contributed by atoms with Crippen molar-refractivity contribution in [1.82, 2.24) is 9.71 Å². The van der Waals surface area contributed by atoms with Crippen molar-refractivity contribution in [3.05, 3.63) is 63.8 Å². The number of benzene rings is 1. The maximum Gasteiger partial charge on any atom is 0.363 e. The van der Waals surface area contributed by atoms with Gasteiger partial charge in [0, 0.05) is 18.0 Å². The molecule has 2 aromatic rings. The summed E-state index contributed by atoms with van der Waals surface area (Å²) in [5.74, 6) is 0.166. The van der Waals surface area contributed by atoms with Gasteiger partial charge in [0.25, 0.3) is 0 Å². The Bertz CT molecular complexity index is 911. The number of hydrogen-bond donors (Lipinski definition) is 1. The van der Waals surface area contributed by atoms with Crippen molar-refractivity contribution < 1.29 is 13.3 Å². The summed E-state index contributed by atoms with van der Waals surface area (Å²) >= 11 is 0. The molecule has 3 atom stereocenters. The molecule has 0 spiro atoms. The zero-order chi connectivity index (χ0) is 16.9. The molecule has 1 fully saturated rings. The molecule has 1 saturated carbocycles. The molecule has 0 bridgehead atoms. The van der Waals surface area contributed by atoms with Crippen LogP contribution in [0.3, 0.4) is 0 Å². The molecule has 2 aliphatic carbocycles. The summed E-state index contributed by atoms with van der Waals surface area (Å²) in [4.78, 5) is 13.5. The molecule has 0 aliphatic heterocycles. The monoisotopic (exact) mass is 345 g/mol. The number of sulfonamides is 1. The number of fused-ring (bicyclic) bond motifs is 3. The minimum atomic E-state index is -3.74. The van der Waals surface area contributed by atoms with Crippen molar-refractivity contribution in [3.63, 3.8) is 0 Å². The van der Waals surface area contributed by atoms with Crippen LogP contribution in [0.1, 0.15) is 23.5 Å². The van der Waals surface area contributed by atoms with Crippen LogP contribution in [0.2, 0.25) is 0 Å². The van der Waals surface area contributed by atoms with Crippen molar-refractivity contribution in [1.29, 1.82) is 0 Å². The fourth-order valence-corrected chi connectivity index (χ4v) is 4.87. The Morgan fingerprint density at radius 3 is 2.71 bits per heavy atom. The van der Waals surface area contributed by atoms with Crippen molar-refractivity contribution in [2.45, 2.75) is 29.7 Å². The highest BCUT2D eigenvalue weighted by Gasteiger charge is 2.54. The number of aromatic nitrogens is 1. The summed E-state index contributed by atoms with van der Waals surface area (Å²) in [5.41, 5.74) is 2.51. The third kappa shape index (κ3) is 2.47. The van der Waals surface area contributed by atoms with E-state index in [-0.39, 0.29) is 22.7 Å². The third-order valence-corrected chi connectivity index (χ3v) is 6.28. The van der Waals surface area contributed by atoms with Gasteiger partial charge < -0.3 is 10.1 Å². The molecular weight excluding hydrogens is 330 g/mol. The predicted octanol–water partition coefficient (Wildman–Crippen LogP) is 2.00. The van der Waals surface area contributed by atoms with E-state index >= 15 is 0 Å². The Balaban J connectivity index is 1.55. The molecule has 1 N–H and O–H groups in total. The van der Waals surface area contributed by atoms with Gasteiger partial charge in [-0.3, -0.25) is 0 Å². The topological polar surface area (TPSA) is 102 Å². The van der Waals surface area contributed by atoms with Crippen molar-refractivity contribution in [2.75, 3.05) is 0 Å². The van der Waals surface area contributed by atoms with Crippen molar-refractivity contribution in [2.24, 2.45) is 5.92 Å². The Hall–Kier alpha value is -2.32. The van der Waals surface area contributed by atoms with E-state index < -0.39 is 14.9 Å². The molecule has 3 unspecified atom stereocenters. The lowest BCUT2D eigenvalue weighted by Gasteiger charge is -2.13. The van der Waals surface area contributed by atoms with Crippen LogP contribution in [-0.2, 0) is 16.4 Å². The van der Waals surface area contributed by atoms with E-state index in [9.17, 15) is 18.5 Å². The first-order valence-corrected chi connectivity index (χ1v) is 9.16. The summed E-state index contributed by atoms with van der Waals surface area (Å²) in [7, 11) is -3.74. The first kappa shape index (κ1) is 15.2. The van der Waals surface area contributed by atoms with Crippen molar-refractivity contribution in [3.8, 4) is 0 Å². The largest absolute Gasteiger partial charge is 0.363 e. The van der Waals surface area contributed by atoms with Crippen LogP contribution in [0, 0.1) is 16.0 Å². The number of rotatable bonds is 4. The van der Waals surface area contributed by atoms with E-state index in [1.807, 2.05) is 12.1 Å². The van der Waals surface area contributed by atoms with Gasteiger partial charge in [0.15, 0.2) is 6.20 Å². The highest BCUT2D eigenvalue weighted by Crippen LogP contribution is 2.54. The fourth-order valence-electron chi connectivity index (χ4n) is 3.61. The molecule has 8 heteroatoms. The van der Waals surface area contributed by atoms with Crippen LogP contribution in [0.4, 0.5) is 5.82 Å². The Kier molecular flexibility index (Phi) is 3.40. The molecular formula is C16H15N3O4S. The molecule has 1 heterocycles. The standard InChI is InChI=1S/C16H15N3O4S/c20-19(21)14-8-6-11(9-17-14)24(22,23)18-16-13-7-5-10-3-1-2-4-12(10)15(13)16/h1-4,6,8-9,13,15-16,18H,5,7H2. The van der Waals surface area contributed by atoms with E-state index in [1.54, 1.807) is 0 Å². The van der Waals surface area contributed by atoms with Crippen molar-refractivity contribution >= 4 is 15.8 Å². The second-order valence-electron chi connectivity index (χ2n) is 6.18. The van der Waals surface area contributed by atoms with Gasteiger partial charge in [0.05, 0.1) is 0 Å². The van der Waals surface area contributed by atoms with Gasteiger partial charge in [-0.15, -0.1) is 0 Å². The van der Waals surface area contributed by atoms with Gasteiger partial charge in [-0.05, 0) is 45.9 Å². The first-order valence-electron chi connectivity index (χ1n) is 7.68. The molecule has 0 saturated heterocycles. The van der Waals surface area contributed by atoms with E-state index in [0.29, 0.717) is 5.92 Å². The molecule has 1 aromatic carbocycles. The quantitative estimate of drug-likeness (QED) is 0.674. The smallest absolute Gasteiger partial charge is 0.358 e. The number of nitrogens with one attached hydrogen (secondary N) is 1. The second kappa shape index (κ2) is 5.35. The van der Waals surface area contributed by atoms with Crippen LogP contribution in [0.15, 0.2) is 47.5 Å². The lowest BCUT2D eigenvalue weighted by Crippen LogP contribution is -2.27. The predicted molar refractivity (Wildman–Crippen MR) is 86.0 cm³/mol. The molecule has 4 rings (SSSR count). The number of hydrogen-bond acceptors (Lipinski definition) is 5. The number of pyridine rings is 1. The van der Waals surface area contributed by atoms with Crippen LogP contribution < -0.4 is 4.72 Å². The number of nitro groups is 1. The SMILES string of the molecule is O=[N+]([O-])c1ccc(S(=O)(=O)NC2C3CCc4ccccc4C32)cn1. The van der Waals surface area contributed by atoms with Crippen LogP contribution >= 0.6 is 0 Å². The highest BCUT2D eigenvalue weighted by molar-refractivity contribution is 7.89. The molecule has 0 amide bonds. The van der Waals surface area contributed by atoms with E-state index in [2.05, 4.69) is 21.8 Å². The lowest BCUT2D eigenvalue weighted by molar-refractivity contribution is -0.389. The minimum Gasteiger partial charge on any atom is -0.358 e. The Morgan fingerprint density at radius 1 is 1.21 bits per heavy atom. The third-order valence-electron chi connectivity index (χ3n) is 4.84. The molecule has 1 aromatic heterocycles.